The molecule has 0 aliphatic carbocycles. The molecule has 1 atom stereocenters. The standard InChI is InChI=1S/C9H9BrClNO/c1-12-9(13)8(11)6-3-2-4-7(10)5-6/h2-5,8H,1H3,(H,12,13). The smallest absolute Gasteiger partial charge is 0.242 e. The number of hydrogen-bond donors (Lipinski definition) is 1. The van der Waals surface area contributed by atoms with Crippen molar-refractivity contribution in [3.8, 4) is 0 Å². The molecule has 0 spiro atoms. The minimum absolute atomic E-state index is 0.195. The molecule has 0 fully saturated rings. The second-order valence-corrected chi connectivity index (χ2v) is 3.88. The van der Waals surface area contributed by atoms with Crippen LogP contribution in [-0.2, 0) is 4.79 Å². The molecule has 1 aromatic rings. The van der Waals surface area contributed by atoms with Gasteiger partial charge in [-0.2, -0.15) is 0 Å². The van der Waals surface area contributed by atoms with Crippen LogP contribution < -0.4 is 5.32 Å². The van der Waals surface area contributed by atoms with E-state index in [1.807, 2.05) is 24.3 Å². The summed E-state index contributed by atoms with van der Waals surface area (Å²) < 4.78 is 0.916. The Morgan fingerprint density at radius 2 is 2.31 bits per heavy atom. The summed E-state index contributed by atoms with van der Waals surface area (Å²) in [5, 5.41) is 1.87. The summed E-state index contributed by atoms with van der Waals surface area (Å²) >= 11 is 9.21. The van der Waals surface area contributed by atoms with Gasteiger partial charge >= 0.3 is 0 Å². The Hall–Kier alpha value is -0.540. The summed E-state index contributed by atoms with van der Waals surface area (Å²) in [6.45, 7) is 0. The Balaban J connectivity index is 2.88. The molecule has 70 valence electrons. The minimum Gasteiger partial charge on any atom is -0.358 e. The first-order valence-corrected chi connectivity index (χ1v) is 4.99. The number of nitrogens with one attached hydrogen (secondary N) is 1. The van der Waals surface area contributed by atoms with Gasteiger partial charge in [-0.05, 0) is 17.7 Å². The number of benzene rings is 1. The van der Waals surface area contributed by atoms with Gasteiger partial charge in [0.2, 0.25) is 5.91 Å². The van der Waals surface area contributed by atoms with E-state index >= 15 is 0 Å². The van der Waals surface area contributed by atoms with Crippen molar-refractivity contribution in [2.75, 3.05) is 7.05 Å². The van der Waals surface area contributed by atoms with Crippen LogP contribution >= 0.6 is 27.5 Å². The van der Waals surface area contributed by atoms with E-state index in [9.17, 15) is 4.79 Å². The number of likely N-dealkylation sites (N-methyl/N-ethyl adjacent to an activating group) is 1. The van der Waals surface area contributed by atoms with Gasteiger partial charge in [0, 0.05) is 11.5 Å². The molecule has 0 aromatic heterocycles. The highest BCUT2D eigenvalue weighted by atomic mass is 79.9. The molecule has 0 saturated heterocycles. The van der Waals surface area contributed by atoms with Gasteiger partial charge in [0.15, 0.2) is 0 Å². The number of rotatable bonds is 2. The first-order valence-electron chi connectivity index (χ1n) is 3.76. The normalized spacial score (nSPS) is 12.2. The van der Waals surface area contributed by atoms with E-state index < -0.39 is 5.38 Å². The van der Waals surface area contributed by atoms with Crippen LogP contribution in [0.4, 0.5) is 0 Å². The first kappa shape index (κ1) is 10.5. The predicted octanol–water partition coefficient (Wildman–Crippen LogP) is 2.48. The number of carbonyl (C=O) groups excluding carboxylic acids is 1. The zero-order valence-corrected chi connectivity index (χ0v) is 9.39. The average molecular weight is 263 g/mol. The van der Waals surface area contributed by atoms with Crippen LogP contribution in [0.25, 0.3) is 0 Å². The maximum absolute atomic E-state index is 11.2. The van der Waals surface area contributed by atoms with Gasteiger partial charge in [0.1, 0.15) is 5.38 Å². The van der Waals surface area contributed by atoms with Crippen molar-refractivity contribution in [2.24, 2.45) is 0 Å². The maximum Gasteiger partial charge on any atom is 0.242 e. The summed E-state index contributed by atoms with van der Waals surface area (Å²) in [4.78, 5) is 11.2. The van der Waals surface area contributed by atoms with Crippen molar-refractivity contribution >= 4 is 33.4 Å². The van der Waals surface area contributed by atoms with Crippen LogP contribution in [0.3, 0.4) is 0 Å². The van der Waals surface area contributed by atoms with Crippen LogP contribution in [0.1, 0.15) is 10.9 Å². The third-order valence-corrected chi connectivity index (χ3v) is 2.56. The molecular weight excluding hydrogens is 253 g/mol. The van der Waals surface area contributed by atoms with Crippen LogP contribution in [0.2, 0.25) is 0 Å². The van der Waals surface area contributed by atoms with Crippen molar-refractivity contribution in [1.29, 1.82) is 0 Å². The van der Waals surface area contributed by atoms with E-state index in [1.165, 1.54) is 0 Å². The number of alkyl halides is 1. The van der Waals surface area contributed by atoms with E-state index in [1.54, 1.807) is 7.05 Å². The second-order valence-electron chi connectivity index (χ2n) is 2.53. The molecule has 13 heavy (non-hydrogen) atoms. The lowest BCUT2D eigenvalue weighted by Crippen LogP contribution is -2.22. The van der Waals surface area contributed by atoms with Gasteiger partial charge in [-0.15, -0.1) is 11.6 Å². The fraction of sp³-hybridized carbons (Fsp3) is 0.222. The summed E-state index contributed by atoms with van der Waals surface area (Å²) in [6, 6.07) is 7.37. The number of hydrogen-bond acceptors (Lipinski definition) is 1. The van der Waals surface area contributed by atoms with E-state index in [0.717, 1.165) is 10.0 Å². The molecule has 1 amide bonds. The SMILES string of the molecule is CNC(=O)C(Cl)c1cccc(Br)c1. The monoisotopic (exact) mass is 261 g/mol. The van der Waals surface area contributed by atoms with E-state index in [4.69, 9.17) is 11.6 Å². The Morgan fingerprint density at radius 3 is 2.85 bits per heavy atom. The molecule has 1 aromatic carbocycles. The van der Waals surface area contributed by atoms with Gasteiger partial charge in [0.25, 0.3) is 0 Å². The van der Waals surface area contributed by atoms with Crippen molar-refractivity contribution in [1.82, 2.24) is 5.32 Å². The summed E-state index contributed by atoms with van der Waals surface area (Å²) in [7, 11) is 1.57. The zero-order chi connectivity index (χ0) is 9.84. The number of amides is 1. The summed E-state index contributed by atoms with van der Waals surface area (Å²) in [5.41, 5.74) is 0.787. The second kappa shape index (κ2) is 4.63. The molecular formula is C9H9BrClNO. The lowest BCUT2D eigenvalue weighted by molar-refractivity contribution is -0.120. The summed E-state index contributed by atoms with van der Waals surface area (Å²) in [6.07, 6.45) is 0. The van der Waals surface area contributed by atoms with E-state index in [2.05, 4.69) is 21.2 Å². The molecule has 1 unspecified atom stereocenters. The largest absolute Gasteiger partial charge is 0.358 e. The molecule has 1 N–H and O–H groups in total. The zero-order valence-electron chi connectivity index (χ0n) is 7.05. The van der Waals surface area contributed by atoms with Crippen molar-refractivity contribution in [3.63, 3.8) is 0 Å². The topological polar surface area (TPSA) is 29.1 Å². The van der Waals surface area contributed by atoms with Crippen LogP contribution in [0.15, 0.2) is 28.7 Å². The fourth-order valence-corrected chi connectivity index (χ4v) is 1.60. The third-order valence-electron chi connectivity index (χ3n) is 1.62. The highest BCUT2D eigenvalue weighted by molar-refractivity contribution is 9.10. The molecule has 2 nitrogen and oxygen atoms in total. The number of halogens is 2. The van der Waals surface area contributed by atoms with Gasteiger partial charge < -0.3 is 5.32 Å². The third kappa shape index (κ3) is 2.71. The molecule has 0 aliphatic heterocycles. The highest BCUT2D eigenvalue weighted by Crippen LogP contribution is 2.23. The predicted molar refractivity (Wildman–Crippen MR) is 56.8 cm³/mol. The first-order chi connectivity index (χ1) is 6.15. The molecule has 1 rings (SSSR count). The summed E-state index contributed by atoms with van der Waals surface area (Å²) in [5.74, 6) is -0.195. The van der Waals surface area contributed by atoms with Gasteiger partial charge in [-0.1, -0.05) is 28.1 Å². The van der Waals surface area contributed by atoms with Crippen molar-refractivity contribution < 1.29 is 4.79 Å². The van der Waals surface area contributed by atoms with Gasteiger partial charge in [-0.3, -0.25) is 4.79 Å². The quantitative estimate of drug-likeness (QED) is 0.815. The van der Waals surface area contributed by atoms with Gasteiger partial charge in [-0.25, -0.2) is 0 Å². The average Bonchev–Trinajstić information content (AvgIpc) is 2.15. The molecule has 0 bridgehead atoms. The van der Waals surface area contributed by atoms with E-state index in [0.29, 0.717) is 0 Å². The minimum atomic E-state index is -0.623. The molecule has 0 aliphatic rings. The fourth-order valence-electron chi connectivity index (χ4n) is 0.942. The number of carbonyl (C=O) groups is 1. The van der Waals surface area contributed by atoms with Crippen LogP contribution in [0, 0.1) is 0 Å². The maximum atomic E-state index is 11.2. The lowest BCUT2D eigenvalue weighted by atomic mass is 10.1. The van der Waals surface area contributed by atoms with Crippen LogP contribution in [0.5, 0.6) is 0 Å². The molecule has 0 heterocycles. The highest BCUT2D eigenvalue weighted by Gasteiger charge is 2.15. The van der Waals surface area contributed by atoms with Crippen molar-refractivity contribution in [3.05, 3.63) is 34.3 Å². The Kier molecular flexibility index (Phi) is 3.75. The lowest BCUT2D eigenvalue weighted by Gasteiger charge is -2.07. The molecule has 4 heteroatoms. The molecule has 0 saturated carbocycles. The van der Waals surface area contributed by atoms with Crippen molar-refractivity contribution in [2.45, 2.75) is 5.38 Å². The Bertz CT molecular complexity index is 316. The van der Waals surface area contributed by atoms with E-state index in [-0.39, 0.29) is 5.91 Å². The van der Waals surface area contributed by atoms with Gasteiger partial charge in [0.05, 0.1) is 0 Å². The Morgan fingerprint density at radius 1 is 1.62 bits per heavy atom. The molecule has 0 radical (unpaired) electrons. The Labute approximate surface area is 90.4 Å². The van der Waals surface area contributed by atoms with Crippen LogP contribution in [-0.4, -0.2) is 13.0 Å².